The molecule has 1 N–H and O–H groups in total. The minimum atomic E-state index is 0.425. The van der Waals surface area contributed by atoms with E-state index in [4.69, 9.17) is 4.74 Å². The molecule has 2 heteroatoms. The first kappa shape index (κ1) is 15.3. The van der Waals surface area contributed by atoms with E-state index in [0.29, 0.717) is 12.1 Å². The Bertz CT molecular complexity index is 250. The average molecular weight is 267 g/mol. The fourth-order valence-electron chi connectivity index (χ4n) is 4.52. The number of hydrogen-bond donors (Lipinski definition) is 1. The molecule has 19 heavy (non-hydrogen) atoms. The quantitative estimate of drug-likeness (QED) is 0.682. The van der Waals surface area contributed by atoms with E-state index in [1.165, 1.54) is 44.9 Å². The Morgan fingerprint density at radius 1 is 1.16 bits per heavy atom. The van der Waals surface area contributed by atoms with Crippen LogP contribution in [0.3, 0.4) is 0 Å². The van der Waals surface area contributed by atoms with Crippen molar-refractivity contribution < 1.29 is 4.74 Å². The first-order valence-corrected chi connectivity index (χ1v) is 8.63. The van der Waals surface area contributed by atoms with Crippen LogP contribution in [0.25, 0.3) is 0 Å². The summed E-state index contributed by atoms with van der Waals surface area (Å²) in [5, 5.41) is 3.71. The highest BCUT2D eigenvalue weighted by molar-refractivity contribution is 4.93. The van der Waals surface area contributed by atoms with Crippen molar-refractivity contribution in [2.75, 3.05) is 13.2 Å². The second-order valence-corrected chi connectivity index (χ2v) is 6.62. The normalized spacial score (nSPS) is 32.7. The van der Waals surface area contributed by atoms with E-state index in [1.807, 2.05) is 0 Å². The largest absolute Gasteiger partial charge is 0.377 e. The van der Waals surface area contributed by atoms with E-state index in [0.717, 1.165) is 30.9 Å². The highest BCUT2D eigenvalue weighted by Gasteiger charge is 2.40. The van der Waals surface area contributed by atoms with Gasteiger partial charge in [-0.05, 0) is 63.3 Å². The average Bonchev–Trinajstić information content (AvgIpc) is 3.00. The maximum Gasteiger partial charge on any atom is 0.0727 e. The lowest BCUT2D eigenvalue weighted by Crippen LogP contribution is -2.43. The van der Waals surface area contributed by atoms with Crippen LogP contribution >= 0.6 is 0 Å². The number of hydrogen-bond acceptors (Lipinski definition) is 2. The monoisotopic (exact) mass is 267 g/mol. The van der Waals surface area contributed by atoms with Crippen LogP contribution in [0.5, 0.6) is 0 Å². The summed E-state index contributed by atoms with van der Waals surface area (Å²) in [7, 11) is 0. The predicted octanol–water partition coefficient (Wildman–Crippen LogP) is 4.00. The van der Waals surface area contributed by atoms with Gasteiger partial charge < -0.3 is 10.1 Å². The molecular weight excluding hydrogens is 234 g/mol. The van der Waals surface area contributed by atoms with Gasteiger partial charge in [-0.15, -0.1) is 0 Å². The van der Waals surface area contributed by atoms with E-state index in [2.05, 4.69) is 26.1 Å². The molecule has 0 amide bonds. The van der Waals surface area contributed by atoms with Crippen LogP contribution in [-0.4, -0.2) is 25.3 Å². The van der Waals surface area contributed by atoms with E-state index < -0.39 is 0 Å². The molecule has 0 aromatic rings. The predicted molar refractivity (Wildman–Crippen MR) is 81.3 cm³/mol. The van der Waals surface area contributed by atoms with Crippen molar-refractivity contribution >= 4 is 0 Å². The summed E-state index contributed by atoms with van der Waals surface area (Å²) < 4.78 is 6.02. The van der Waals surface area contributed by atoms with Gasteiger partial charge in [0.15, 0.2) is 0 Å². The van der Waals surface area contributed by atoms with Crippen LogP contribution in [0, 0.1) is 17.8 Å². The SMILES string of the molecule is CCCC(OCC)C(CC1CC2CCC1C2)NCC. The van der Waals surface area contributed by atoms with Crippen LogP contribution in [0.15, 0.2) is 0 Å². The van der Waals surface area contributed by atoms with Crippen molar-refractivity contribution in [1.82, 2.24) is 5.32 Å². The molecule has 0 aliphatic heterocycles. The molecular formula is C17H33NO. The Hall–Kier alpha value is -0.0800. The fraction of sp³-hybridized carbons (Fsp3) is 1.00. The minimum absolute atomic E-state index is 0.425. The summed E-state index contributed by atoms with van der Waals surface area (Å²) in [5.74, 6) is 3.08. The minimum Gasteiger partial charge on any atom is -0.377 e. The van der Waals surface area contributed by atoms with Crippen LogP contribution in [-0.2, 0) is 4.74 Å². The standard InChI is InChI=1S/C17H33NO/c1-4-7-17(19-6-3)16(18-5-2)12-15-11-13-8-9-14(15)10-13/h13-18H,4-12H2,1-3H3. The summed E-state index contributed by atoms with van der Waals surface area (Å²) in [4.78, 5) is 0. The molecule has 2 fully saturated rings. The summed E-state index contributed by atoms with van der Waals surface area (Å²) >= 11 is 0. The molecule has 2 saturated carbocycles. The number of ether oxygens (including phenoxy) is 1. The molecule has 5 atom stereocenters. The molecule has 0 heterocycles. The first-order valence-electron chi connectivity index (χ1n) is 8.63. The van der Waals surface area contributed by atoms with Gasteiger partial charge in [0, 0.05) is 12.6 Å². The van der Waals surface area contributed by atoms with Crippen molar-refractivity contribution in [2.24, 2.45) is 17.8 Å². The van der Waals surface area contributed by atoms with Gasteiger partial charge in [0.2, 0.25) is 0 Å². The molecule has 2 rings (SSSR count). The zero-order valence-electron chi connectivity index (χ0n) is 13.2. The van der Waals surface area contributed by atoms with Gasteiger partial charge in [-0.25, -0.2) is 0 Å². The lowest BCUT2D eigenvalue weighted by molar-refractivity contribution is 0.0194. The Morgan fingerprint density at radius 3 is 2.53 bits per heavy atom. The third-order valence-electron chi connectivity index (χ3n) is 5.31. The van der Waals surface area contributed by atoms with Crippen molar-refractivity contribution in [1.29, 1.82) is 0 Å². The third-order valence-corrected chi connectivity index (χ3v) is 5.31. The van der Waals surface area contributed by atoms with Crippen LogP contribution < -0.4 is 5.32 Å². The summed E-state index contributed by atoms with van der Waals surface area (Å²) in [6.45, 7) is 8.54. The van der Waals surface area contributed by atoms with Crippen molar-refractivity contribution in [2.45, 2.75) is 77.9 Å². The highest BCUT2D eigenvalue weighted by atomic mass is 16.5. The number of rotatable bonds is 9. The van der Waals surface area contributed by atoms with Gasteiger partial charge in [0.05, 0.1) is 6.10 Å². The van der Waals surface area contributed by atoms with E-state index in [-0.39, 0.29) is 0 Å². The number of likely N-dealkylation sites (N-methyl/N-ethyl adjacent to an activating group) is 1. The molecule has 0 aromatic heterocycles. The molecule has 2 nitrogen and oxygen atoms in total. The summed E-state index contributed by atoms with van der Waals surface area (Å²) in [6.07, 6.45) is 10.2. The van der Waals surface area contributed by atoms with Crippen molar-refractivity contribution in [3.63, 3.8) is 0 Å². The molecule has 0 saturated heterocycles. The van der Waals surface area contributed by atoms with Crippen molar-refractivity contribution in [3.05, 3.63) is 0 Å². The van der Waals surface area contributed by atoms with Gasteiger partial charge in [-0.3, -0.25) is 0 Å². The molecule has 0 aromatic carbocycles. The zero-order chi connectivity index (χ0) is 13.7. The maximum atomic E-state index is 6.02. The van der Waals surface area contributed by atoms with Crippen LogP contribution in [0.4, 0.5) is 0 Å². The molecule has 112 valence electrons. The topological polar surface area (TPSA) is 21.3 Å². The van der Waals surface area contributed by atoms with Crippen LogP contribution in [0.1, 0.15) is 65.7 Å². The molecule has 0 radical (unpaired) electrons. The Kier molecular flexibility index (Phi) is 6.15. The number of nitrogens with one attached hydrogen (secondary N) is 1. The second kappa shape index (κ2) is 7.64. The maximum absolute atomic E-state index is 6.02. The van der Waals surface area contributed by atoms with Gasteiger partial charge in [0.25, 0.3) is 0 Å². The number of fused-ring (bicyclic) bond motifs is 2. The van der Waals surface area contributed by atoms with Crippen molar-refractivity contribution in [3.8, 4) is 0 Å². The lowest BCUT2D eigenvalue weighted by Gasteiger charge is -2.32. The van der Waals surface area contributed by atoms with Gasteiger partial charge in [-0.1, -0.05) is 26.7 Å². The first-order chi connectivity index (χ1) is 9.28. The molecule has 2 bridgehead atoms. The van der Waals surface area contributed by atoms with E-state index >= 15 is 0 Å². The van der Waals surface area contributed by atoms with Gasteiger partial charge in [-0.2, -0.15) is 0 Å². The molecule has 2 aliphatic carbocycles. The Balaban J connectivity index is 1.90. The fourth-order valence-corrected chi connectivity index (χ4v) is 4.52. The summed E-state index contributed by atoms with van der Waals surface area (Å²) in [6, 6.07) is 0.578. The molecule has 5 unspecified atom stereocenters. The Labute approximate surface area is 119 Å². The summed E-state index contributed by atoms with van der Waals surface area (Å²) in [5.41, 5.74) is 0. The lowest BCUT2D eigenvalue weighted by atomic mass is 9.82. The van der Waals surface area contributed by atoms with Gasteiger partial charge >= 0.3 is 0 Å². The van der Waals surface area contributed by atoms with E-state index in [1.54, 1.807) is 0 Å². The second-order valence-electron chi connectivity index (χ2n) is 6.62. The third kappa shape index (κ3) is 3.95. The molecule has 2 aliphatic rings. The van der Waals surface area contributed by atoms with Gasteiger partial charge in [0.1, 0.15) is 0 Å². The van der Waals surface area contributed by atoms with Crippen LogP contribution in [0.2, 0.25) is 0 Å². The zero-order valence-corrected chi connectivity index (χ0v) is 13.2. The smallest absolute Gasteiger partial charge is 0.0727 e. The molecule has 0 spiro atoms. The van der Waals surface area contributed by atoms with E-state index in [9.17, 15) is 0 Å². The Morgan fingerprint density at radius 2 is 2.00 bits per heavy atom. The highest BCUT2D eigenvalue weighted by Crippen LogP contribution is 2.50.